The van der Waals surface area contributed by atoms with E-state index in [1.165, 1.54) is 56.1 Å². The van der Waals surface area contributed by atoms with Gasteiger partial charge in [-0.25, -0.2) is 0 Å². The lowest BCUT2D eigenvalue weighted by molar-refractivity contribution is -0.0530. The Kier molecular flexibility index (Phi) is 16.8. The van der Waals surface area contributed by atoms with Gasteiger partial charge >= 0.3 is 0 Å². The molecule has 0 spiro atoms. The molecule has 244 valence electrons. The van der Waals surface area contributed by atoms with Crippen molar-refractivity contribution in [3.05, 3.63) is 48.7 Å². The van der Waals surface area contributed by atoms with Crippen molar-refractivity contribution in [1.82, 2.24) is 0 Å². The Balaban J connectivity index is 0.910. The SMILES string of the molecule is [CH2+][CH-]CCCCCOC1CCC(OCCCOC2CCC(OCCCOC3CCC(c4ccc(C)cc4)CC3)CC2)CC1. The van der Waals surface area contributed by atoms with Crippen LogP contribution in [0.2, 0.25) is 0 Å². The van der Waals surface area contributed by atoms with Crippen LogP contribution in [0.1, 0.15) is 133 Å². The van der Waals surface area contributed by atoms with Crippen LogP contribution in [0.15, 0.2) is 24.3 Å². The standard InChI is InChI=1S/C38H62O5/c1-3-4-5-6-7-26-39-35-18-20-36(21-19-35)42-29-9-30-43-38-24-22-37(23-25-38)41-28-8-27-40-34-16-14-33(15-17-34)32-12-10-31(2)11-13-32/h3,10-13,33-38H,1,4-9,14-30H2,2H3. The molecule has 3 saturated carbocycles. The molecule has 0 amide bonds. The van der Waals surface area contributed by atoms with E-state index in [-0.39, 0.29) is 0 Å². The maximum absolute atomic E-state index is 6.21. The Morgan fingerprint density at radius 3 is 1.28 bits per heavy atom. The fourth-order valence-electron chi connectivity index (χ4n) is 7.07. The van der Waals surface area contributed by atoms with Crippen LogP contribution in [-0.4, -0.2) is 63.6 Å². The predicted molar refractivity (Wildman–Crippen MR) is 175 cm³/mol. The summed E-state index contributed by atoms with van der Waals surface area (Å²) in [5.74, 6) is 0.708. The number of unbranched alkanes of at least 4 members (excludes halogenated alkanes) is 4. The van der Waals surface area contributed by atoms with Crippen molar-refractivity contribution in [2.45, 2.75) is 159 Å². The first-order chi connectivity index (χ1) is 21.2. The van der Waals surface area contributed by atoms with Gasteiger partial charge in [0.05, 0.1) is 30.5 Å². The molecule has 0 atom stereocenters. The highest BCUT2D eigenvalue weighted by Gasteiger charge is 2.25. The van der Waals surface area contributed by atoms with Gasteiger partial charge in [0, 0.05) is 33.0 Å². The first-order valence-electron chi connectivity index (χ1n) is 17.9. The molecule has 4 rings (SSSR count). The van der Waals surface area contributed by atoms with Crippen LogP contribution in [0.25, 0.3) is 0 Å². The van der Waals surface area contributed by atoms with E-state index < -0.39 is 0 Å². The summed E-state index contributed by atoms with van der Waals surface area (Å²) in [6.07, 6.45) is 24.7. The Morgan fingerprint density at radius 1 is 0.512 bits per heavy atom. The lowest BCUT2D eigenvalue weighted by Gasteiger charge is -2.30. The fraction of sp³-hybridized carbons (Fsp3) is 0.789. The van der Waals surface area contributed by atoms with E-state index >= 15 is 0 Å². The van der Waals surface area contributed by atoms with E-state index in [1.54, 1.807) is 0 Å². The number of hydrogen-bond donors (Lipinski definition) is 0. The molecule has 3 aliphatic rings. The van der Waals surface area contributed by atoms with Crippen molar-refractivity contribution in [3.63, 3.8) is 0 Å². The summed E-state index contributed by atoms with van der Waals surface area (Å²) in [7, 11) is 0. The van der Waals surface area contributed by atoms with Gasteiger partial charge in [-0.1, -0.05) is 49.6 Å². The van der Waals surface area contributed by atoms with E-state index in [1.807, 2.05) is 6.42 Å². The van der Waals surface area contributed by atoms with Gasteiger partial charge in [-0.2, -0.15) is 0 Å². The Morgan fingerprint density at radius 2 is 0.884 bits per heavy atom. The van der Waals surface area contributed by atoms with E-state index in [0.717, 1.165) is 104 Å². The summed E-state index contributed by atoms with van der Waals surface area (Å²) in [6.45, 7) is 10.1. The second-order valence-corrected chi connectivity index (χ2v) is 13.4. The second-order valence-electron chi connectivity index (χ2n) is 13.4. The van der Waals surface area contributed by atoms with Crippen molar-refractivity contribution < 1.29 is 23.7 Å². The van der Waals surface area contributed by atoms with Crippen molar-refractivity contribution in [2.75, 3.05) is 33.0 Å². The van der Waals surface area contributed by atoms with Crippen LogP contribution in [-0.2, 0) is 23.7 Å². The van der Waals surface area contributed by atoms with Gasteiger partial charge in [-0.05, 0) is 115 Å². The van der Waals surface area contributed by atoms with Crippen LogP contribution in [0.5, 0.6) is 0 Å². The average molecular weight is 599 g/mol. The Bertz CT molecular complexity index is 804. The van der Waals surface area contributed by atoms with Crippen LogP contribution in [0, 0.1) is 20.3 Å². The summed E-state index contributed by atoms with van der Waals surface area (Å²) >= 11 is 0. The number of ether oxygens (including phenoxy) is 5. The molecule has 0 N–H and O–H groups in total. The van der Waals surface area contributed by atoms with Crippen LogP contribution >= 0.6 is 0 Å². The third kappa shape index (κ3) is 13.8. The van der Waals surface area contributed by atoms with E-state index in [2.05, 4.69) is 38.1 Å². The molecule has 0 aromatic heterocycles. The highest BCUT2D eigenvalue weighted by molar-refractivity contribution is 5.24. The molecular weight excluding hydrogens is 536 g/mol. The quantitative estimate of drug-likeness (QED) is 0.111. The second kappa shape index (κ2) is 20.8. The van der Waals surface area contributed by atoms with Crippen LogP contribution in [0.4, 0.5) is 0 Å². The van der Waals surface area contributed by atoms with Crippen LogP contribution < -0.4 is 0 Å². The summed E-state index contributed by atoms with van der Waals surface area (Å²) in [6, 6.07) is 9.11. The molecule has 5 heteroatoms. The zero-order valence-corrected chi connectivity index (χ0v) is 27.4. The van der Waals surface area contributed by atoms with Gasteiger partial charge in [-0.15, -0.1) is 12.8 Å². The highest BCUT2D eigenvalue weighted by atomic mass is 16.5. The number of aryl methyl sites for hydroxylation is 1. The minimum absolute atomic E-state index is 0.391. The van der Waals surface area contributed by atoms with E-state index in [4.69, 9.17) is 23.7 Å². The minimum atomic E-state index is 0.391. The van der Waals surface area contributed by atoms with Gasteiger partial charge in [0.25, 0.3) is 0 Å². The third-order valence-electron chi connectivity index (χ3n) is 9.86. The molecule has 1 aromatic rings. The summed E-state index contributed by atoms with van der Waals surface area (Å²) < 4.78 is 30.8. The van der Waals surface area contributed by atoms with Crippen LogP contribution in [0.3, 0.4) is 0 Å². The van der Waals surface area contributed by atoms with Crippen molar-refractivity contribution in [1.29, 1.82) is 0 Å². The smallest absolute Gasteiger partial charge is 0.0577 e. The molecular formula is C38H62O5. The topological polar surface area (TPSA) is 46.2 Å². The van der Waals surface area contributed by atoms with Crippen molar-refractivity contribution in [2.24, 2.45) is 0 Å². The maximum Gasteiger partial charge on any atom is 0.0577 e. The maximum atomic E-state index is 6.21. The number of hydrogen-bond acceptors (Lipinski definition) is 5. The average Bonchev–Trinajstić information content (AvgIpc) is 3.04. The molecule has 0 aliphatic heterocycles. The van der Waals surface area contributed by atoms with Crippen molar-refractivity contribution >= 4 is 0 Å². The van der Waals surface area contributed by atoms with Gasteiger partial charge < -0.3 is 23.7 Å². The highest BCUT2D eigenvalue weighted by Crippen LogP contribution is 2.34. The molecule has 0 heterocycles. The fourth-order valence-corrected chi connectivity index (χ4v) is 7.07. The molecule has 3 aliphatic carbocycles. The largest absolute Gasteiger partial charge is 0.378 e. The number of rotatable bonds is 20. The summed E-state index contributed by atoms with van der Waals surface area (Å²) in [5.41, 5.74) is 2.85. The first kappa shape index (κ1) is 34.8. The van der Waals surface area contributed by atoms with Gasteiger partial charge in [0.1, 0.15) is 0 Å². The normalized spacial score (nSPS) is 28.2. The van der Waals surface area contributed by atoms with Gasteiger partial charge in [0.2, 0.25) is 0 Å². The molecule has 5 nitrogen and oxygen atoms in total. The van der Waals surface area contributed by atoms with Gasteiger partial charge in [0.15, 0.2) is 0 Å². The molecule has 1 aromatic carbocycles. The molecule has 0 saturated heterocycles. The summed E-state index contributed by atoms with van der Waals surface area (Å²) in [5, 5.41) is 0. The first-order valence-corrected chi connectivity index (χ1v) is 17.9. The van der Waals surface area contributed by atoms with E-state index in [9.17, 15) is 0 Å². The van der Waals surface area contributed by atoms with Gasteiger partial charge in [-0.3, -0.25) is 0 Å². The minimum Gasteiger partial charge on any atom is -0.378 e. The third-order valence-corrected chi connectivity index (χ3v) is 9.86. The predicted octanol–water partition coefficient (Wildman–Crippen LogP) is 9.11. The zero-order valence-electron chi connectivity index (χ0n) is 27.4. The monoisotopic (exact) mass is 598 g/mol. The lowest BCUT2D eigenvalue weighted by atomic mass is 9.82. The molecule has 0 radical (unpaired) electrons. The molecule has 43 heavy (non-hydrogen) atoms. The zero-order chi connectivity index (χ0) is 30.0. The van der Waals surface area contributed by atoms with Crippen molar-refractivity contribution in [3.8, 4) is 0 Å². The Hall–Kier alpha value is -1.11. The lowest BCUT2D eigenvalue weighted by Crippen LogP contribution is -2.28. The van der Waals surface area contributed by atoms with E-state index in [0.29, 0.717) is 36.4 Å². The summed E-state index contributed by atoms with van der Waals surface area (Å²) in [4.78, 5) is 0. The molecule has 0 unspecified atom stereocenters. The molecule has 3 fully saturated rings. The number of benzene rings is 1. The Labute approximate surface area is 264 Å². The molecule has 0 bridgehead atoms.